The zero-order valence-electron chi connectivity index (χ0n) is 12.9. The molecule has 118 valence electrons. The lowest BCUT2D eigenvalue weighted by Crippen LogP contribution is -2.23. The van der Waals surface area contributed by atoms with Gasteiger partial charge in [0.1, 0.15) is 0 Å². The number of aromatic nitrogens is 1. The maximum atomic E-state index is 11.9. The molecule has 0 atom stereocenters. The second-order valence-corrected chi connectivity index (χ2v) is 7.44. The number of thiazole rings is 1. The van der Waals surface area contributed by atoms with Gasteiger partial charge in [0.05, 0.1) is 10.2 Å². The number of nitrogens with zero attached hydrogens (tertiary/aromatic N) is 1. The SMILES string of the molecule is CCCNC(=O)c1ccc(CSc2nc3ccccc3s2)cc1. The molecule has 0 saturated heterocycles. The van der Waals surface area contributed by atoms with Crippen LogP contribution in [-0.2, 0) is 5.75 Å². The minimum Gasteiger partial charge on any atom is -0.352 e. The third-order valence-electron chi connectivity index (χ3n) is 3.39. The number of fused-ring (bicyclic) bond motifs is 1. The van der Waals surface area contributed by atoms with Crippen LogP contribution >= 0.6 is 23.1 Å². The molecule has 0 aliphatic rings. The molecule has 0 fully saturated rings. The van der Waals surface area contributed by atoms with Crippen molar-refractivity contribution in [2.24, 2.45) is 0 Å². The highest BCUT2D eigenvalue weighted by Gasteiger charge is 2.06. The van der Waals surface area contributed by atoms with Gasteiger partial charge in [0.15, 0.2) is 4.34 Å². The summed E-state index contributed by atoms with van der Waals surface area (Å²) in [5, 5.41) is 2.89. The van der Waals surface area contributed by atoms with E-state index in [0.717, 1.165) is 22.0 Å². The van der Waals surface area contributed by atoms with Crippen LogP contribution < -0.4 is 5.32 Å². The Hall–Kier alpha value is -1.85. The number of benzene rings is 2. The van der Waals surface area contributed by atoms with Crippen molar-refractivity contribution in [3.63, 3.8) is 0 Å². The summed E-state index contributed by atoms with van der Waals surface area (Å²) in [6.07, 6.45) is 0.947. The van der Waals surface area contributed by atoms with Crippen LogP contribution in [0.5, 0.6) is 0 Å². The van der Waals surface area contributed by atoms with Gasteiger partial charge >= 0.3 is 0 Å². The minimum atomic E-state index is -0.00257. The Labute approximate surface area is 144 Å². The van der Waals surface area contributed by atoms with Crippen molar-refractivity contribution >= 4 is 39.2 Å². The van der Waals surface area contributed by atoms with E-state index in [2.05, 4.69) is 16.4 Å². The maximum absolute atomic E-state index is 11.9. The van der Waals surface area contributed by atoms with Crippen molar-refractivity contribution in [1.29, 1.82) is 0 Å². The van der Waals surface area contributed by atoms with Crippen molar-refractivity contribution in [3.8, 4) is 0 Å². The standard InChI is InChI=1S/C18H18N2OS2/c1-2-11-19-17(21)14-9-7-13(8-10-14)12-22-18-20-15-5-3-4-6-16(15)23-18/h3-10H,2,11-12H2,1H3,(H,19,21). The fourth-order valence-corrected chi connectivity index (χ4v) is 4.18. The van der Waals surface area contributed by atoms with Gasteiger partial charge < -0.3 is 5.32 Å². The number of carbonyl (C=O) groups is 1. The van der Waals surface area contributed by atoms with Crippen LogP contribution in [0.25, 0.3) is 10.2 Å². The molecular formula is C18H18N2OS2. The molecule has 0 bridgehead atoms. The molecule has 3 nitrogen and oxygen atoms in total. The summed E-state index contributed by atoms with van der Waals surface area (Å²) in [6, 6.07) is 16.0. The molecule has 23 heavy (non-hydrogen) atoms. The normalized spacial score (nSPS) is 10.8. The van der Waals surface area contributed by atoms with E-state index in [4.69, 9.17) is 0 Å². The van der Waals surface area contributed by atoms with Gasteiger partial charge in [-0.05, 0) is 36.2 Å². The van der Waals surface area contributed by atoms with Crippen LogP contribution in [-0.4, -0.2) is 17.4 Å². The average molecular weight is 342 g/mol. The molecule has 1 aromatic heterocycles. The van der Waals surface area contributed by atoms with Gasteiger partial charge in [0, 0.05) is 17.9 Å². The average Bonchev–Trinajstić information content (AvgIpc) is 3.01. The molecular weight excluding hydrogens is 324 g/mol. The van der Waals surface area contributed by atoms with E-state index in [0.29, 0.717) is 12.1 Å². The van der Waals surface area contributed by atoms with E-state index in [1.807, 2.05) is 49.4 Å². The van der Waals surface area contributed by atoms with Crippen molar-refractivity contribution in [2.75, 3.05) is 6.54 Å². The molecule has 3 rings (SSSR count). The number of amides is 1. The highest BCUT2D eigenvalue weighted by atomic mass is 32.2. The number of thioether (sulfide) groups is 1. The number of rotatable bonds is 6. The quantitative estimate of drug-likeness (QED) is 0.659. The van der Waals surface area contributed by atoms with Gasteiger partial charge in [-0.2, -0.15) is 0 Å². The van der Waals surface area contributed by atoms with Crippen LogP contribution in [0.4, 0.5) is 0 Å². The number of hydrogen-bond donors (Lipinski definition) is 1. The van der Waals surface area contributed by atoms with Gasteiger partial charge in [-0.15, -0.1) is 11.3 Å². The zero-order valence-corrected chi connectivity index (χ0v) is 14.5. The Bertz CT molecular complexity index is 763. The molecule has 0 saturated carbocycles. The van der Waals surface area contributed by atoms with E-state index < -0.39 is 0 Å². The molecule has 0 aliphatic heterocycles. The molecule has 0 spiro atoms. The molecule has 3 aromatic rings. The largest absolute Gasteiger partial charge is 0.352 e. The highest BCUT2D eigenvalue weighted by Crippen LogP contribution is 2.31. The third-order valence-corrected chi connectivity index (χ3v) is 5.64. The first-order chi connectivity index (χ1) is 11.3. The predicted molar refractivity (Wildman–Crippen MR) is 98.2 cm³/mol. The molecule has 5 heteroatoms. The first kappa shape index (κ1) is 16.0. The Kier molecular flexibility index (Phi) is 5.31. The van der Waals surface area contributed by atoms with Crippen LogP contribution in [0, 0.1) is 0 Å². The van der Waals surface area contributed by atoms with E-state index in [9.17, 15) is 4.79 Å². The van der Waals surface area contributed by atoms with Gasteiger partial charge in [0.2, 0.25) is 0 Å². The summed E-state index contributed by atoms with van der Waals surface area (Å²) >= 11 is 3.46. The summed E-state index contributed by atoms with van der Waals surface area (Å²) in [7, 11) is 0. The Morgan fingerprint density at radius 2 is 1.96 bits per heavy atom. The lowest BCUT2D eigenvalue weighted by molar-refractivity contribution is 0.0953. The topological polar surface area (TPSA) is 42.0 Å². The Balaban J connectivity index is 1.61. The van der Waals surface area contributed by atoms with Crippen LogP contribution in [0.2, 0.25) is 0 Å². The van der Waals surface area contributed by atoms with Crippen LogP contribution in [0.3, 0.4) is 0 Å². The molecule has 0 aliphatic carbocycles. The molecule has 0 unspecified atom stereocenters. The Morgan fingerprint density at radius 1 is 1.17 bits per heavy atom. The van der Waals surface area contributed by atoms with Gasteiger partial charge in [0.25, 0.3) is 5.91 Å². The van der Waals surface area contributed by atoms with E-state index >= 15 is 0 Å². The minimum absolute atomic E-state index is 0.00257. The fraction of sp³-hybridized carbons (Fsp3) is 0.222. The molecule has 2 aromatic carbocycles. The maximum Gasteiger partial charge on any atom is 0.251 e. The fourth-order valence-electron chi connectivity index (χ4n) is 2.15. The highest BCUT2D eigenvalue weighted by molar-refractivity contribution is 8.00. The van der Waals surface area contributed by atoms with E-state index in [1.54, 1.807) is 23.1 Å². The summed E-state index contributed by atoms with van der Waals surface area (Å²) in [4.78, 5) is 16.5. The van der Waals surface area contributed by atoms with Gasteiger partial charge in [-0.25, -0.2) is 4.98 Å². The van der Waals surface area contributed by atoms with Crippen LogP contribution in [0.15, 0.2) is 52.9 Å². The van der Waals surface area contributed by atoms with Gasteiger partial charge in [-0.3, -0.25) is 4.79 Å². The second-order valence-electron chi connectivity index (χ2n) is 5.19. The molecule has 0 radical (unpaired) electrons. The second kappa shape index (κ2) is 7.62. The number of hydrogen-bond acceptors (Lipinski definition) is 4. The summed E-state index contributed by atoms with van der Waals surface area (Å²) in [5.41, 5.74) is 2.97. The van der Waals surface area contributed by atoms with Crippen LogP contribution in [0.1, 0.15) is 29.3 Å². The van der Waals surface area contributed by atoms with E-state index in [-0.39, 0.29) is 5.91 Å². The number of carbonyl (C=O) groups excluding carboxylic acids is 1. The first-order valence-corrected chi connectivity index (χ1v) is 9.42. The summed E-state index contributed by atoms with van der Waals surface area (Å²) in [5.74, 6) is 0.855. The van der Waals surface area contributed by atoms with Crippen molar-refractivity contribution in [3.05, 3.63) is 59.7 Å². The summed E-state index contributed by atoms with van der Waals surface area (Å²) < 4.78 is 2.30. The number of para-hydroxylation sites is 1. The monoisotopic (exact) mass is 342 g/mol. The zero-order chi connectivity index (χ0) is 16.1. The van der Waals surface area contributed by atoms with E-state index in [1.165, 1.54) is 10.3 Å². The smallest absolute Gasteiger partial charge is 0.251 e. The lowest BCUT2D eigenvalue weighted by atomic mass is 10.1. The van der Waals surface area contributed by atoms with Crippen molar-refractivity contribution in [1.82, 2.24) is 10.3 Å². The molecule has 1 amide bonds. The van der Waals surface area contributed by atoms with Crippen molar-refractivity contribution < 1.29 is 4.79 Å². The summed E-state index contributed by atoms with van der Waals surface area (Å²) in [6.45, 7) is 2.76. The van der Waals surface area contributed by atoms with Gasteiger partial charge in [-0.1, -0.05) is 43.0 Å². The lowest BCUT2D eigenvalue weighted by Gasteiger charge is -2.04. The number of nitrogens with one attached hydrogen (secondary N) is 1. The third kappa shape index (κ3) is 4.12. The first-order valence-electron chi connectivity index (χ1n) is 7.62. The van der Waals surface area contributed by atoms with Crippen molar-refractivity contribution in [2.45, 2.75) is 23.4 Å². The molecule has 1 heterocycles. The predicted octanol–water partition coefficient (Wildman–Crippen LogP) is 4.73. The molecule has 1 N–H and O–H groups in total. The Morgan fingerprint density at radius 3 is 2.70 bits per heavy atom.